The summed E-state index contributed by atoms with van der Waals surface area (Å²) < 4.78 is 12.8. The lowest BCUT2D eigenvalue weighted by atomic mass is 10.2. The van der Waals surface area contributed by atoms with Crippen molar-refractivity contribution in [3.63, 3.8) is 0 Å². The van der Waals surface area contributed by atoms with Crippen LogP contribution in [-0.4, -0.2) is 19.3 Å². The van der Waals surface area contributed by atoms with E-state index in [0.717, 1.165) is 24.3 Å². The zero-order valence-electron chi connectivity index (χ0n) is 11.3. The van der Waals surface area contributed by atoms with Gasteiger partial charge in [0.05, 0.1) is 5.69 Å². The zero-order chi connectivity index (χ0) is 13.8. The Morgan fingerprint density at radius 3 is 2.20 bits per heavy atom. The molecule has 1 fully saturated rings. The van der Waals surface area contributed by atoms with Gasteiger partial charge in [0.1, 0.15) is 5.82 Å². The van der Waals surface area contributed by atoms with Gasteiger partial charge < -0.3 is 4.90 Å². The molecule has 2 nitrogen and oxygen atoms in total. The van der Waals surface area contributed by atoms with Gasteiger partial charge in [-0.05, 0) is 54.8 Å². The van der Waals surface area contributed by atoms with Crippen molar-refractivity contribution in [1.29, 1.82) is 0 Å². The third-order valence-corrected chi connectivity index (χ3v) is 3.55. The number of rotatable bonds is 3. The summed E-state index contributed by atoms with van der Waals surface area (Å²) in [5.41, 5.74) is 3.09. The van der Waals surface area contributed by atoms with Crippen molar-refractivity contribution in [2.45, 2.75) is 12.8 Å². The SMILES string of the molecule is Fc1ccc(N=Cc2ccc(N3CCCC3)cc2)cc1. The van der Waals surface area contributed by atoms with Crippen molar-refractivity contribution in [2.75, 3.05) is 18.0 Å². The summed E-state index contributed by atoms with van der Waals surface area (Å²) in [5, 5.41) is 0. The van der Waals surface area contributed by atoms with Gasteiger partial charge in [0.2, 0.25) is 0 Å². The van der Waals surface area contributed by atoms with Gasteiger partial charge in [-0.25, -0.2) is 4.39 Å². The molecular formula is C17H17FN2. The third kappa shape index (κ3) is 3.05. The van der Waals surface area contributed by atoms with Crippen molar-refractivity contribution in [2.24, 2.45) is 4.99 Å². The Hall–Kier alpha value is -2.16. The van der Waals surface area contributed by atoms with Crippen molar-refractivity contribution in [1.82, 2.24) is 0 Å². The van der Waals surface area contributed by atoms with Gasteiger partial charge in [0.25, 0.3) is 0 Å². The van der Waals surface area contributed by atoms with E-state index in [2.05, 4.69) is 34.2 Å². The lowest BCUT2D eigenvalue weighted by Crippen LogP contribution is -2.17. The summed E-state index contributed by atoms with van der Waals surface area (Å²) >= 11 is 0. The molecule has 1 aliphatic rings. The number of aliphatic imine (C=N–C) groups is 1. The summed E-state index contributed by atoms with van der Waals surface area (Å²) in [6, 6.07) is 14.6. The van der Waals surface area contributed by atoms with Crippen molar-refractivity contribution in [3.8, 4) is 0 Å². The molecule has 0 radical (unpaired) electrons. The number of nitrogens with zero attached hydrogens (tertiary/aromatic N) is 2. The summed E-state index contributed by atoms with van der Waals surface area (Å²) in [6.07, 6.45) is 4.38. The van der Waals surface area contributed by atoms with Crippen molar-refractivity contribution >= 4 is 17.6 Å². The van der Waals surface area contributed by atoms with E-state index in [1.54, 1.807) is 18.3 Å². The van der Waals surface area contributed by atoms with Crippen LogP contribution < -0.4 is 4.90 Å². The quantitative estimate of drug-likeness (QED) is 0.763. The van der Waals surface area contributed by atoms with Gasteiger partial charge in [0.15, 0.2) is 0 Å². The maximum absolute atomic E-state index is 12.8. The van der Waals surface area contributed by atoms with Crippen LogP contribution in [0.25, 0.3) is 0 Å². The molecule has 0 amide bonds. The lowest BCUT2D eigenvalue weighted by Gasteiger charge is -2.17. The second-order valence-electron chi connectivity index (χ2n) is 5.02. The largest absolute Gasteiger partial charge is 0.372 e. The standard InChI is InChI=1S/C17H17FN2/c18-15-5-7-16(8-6-15)19-13-14-3-9-17(10-4-14)20-11-1-2-12-20/h3-10,13H,1-2,11-12H2. The van der Waals surface area contributed by atoms with Crippen LogP contribution in [0.15, 0.2) is 53.5 Å². The van der Waals surface area contributed by atoms with Crippen LogP contribution in [0.2, 0.25) is 0 Å². The number of halogens is 1. The maximum Gasteiger partial charge on any atom is 0.123 e. The first-order valence-corrected chi connectivity index (χ1v) is 6.96. The summed E-state index contributed by atoms with van der Waals surface area (Å²) in [4.78, 5) is 6.74. The summed E-state index contributed by atoms with van der Waals surface area (Å²) in [5.74, 6) is -0.237. The summed E-state index contributed by atoms with van der Waals surface area (Å²) in [6.45, 7) is 2.31. The van der Waals surface area contributed by atoms with E-state index in [-0.39, 0.29) is 5.82 Å². The van der Waals surface area contributed by atoms with Gasteiger partial charge in [-0.15, -0.1) is 0 Å². The van der Waals surface area contributed by atoms with E-state index in [9.17, 15) is 4.39 Å². The first kappa shape index (κ1) is 12.9. The Morgan fingerprint density at radius 2 is 1.55 bits per heavy atom. The molecule has 0 bridgehead atoms. The van der Waals surface area contributed by atoms with Crippen LogP contribution in [0.3, 0.4) is 0 Å². The van der Waals surface area contributed by atoms with Gasteiger partial charge >= 0.3 is 0 Å². The molecule has 0 aliphatic carbocycles. The topological polar surface area (TPSA) is 15.6 Å². The van der Waals surface area contributed by atoms with Crippen molar-refractivity contribution < 1.29 is 4.39 Å². The molecule has 1 aliphatic heterocycles. The smallest absolute Gasteiger partial charge is 0.123 e. The molecule has 0 unspecified atom stereocenters. The molecule has 1 saturated heterocycles. The number of hydrogen-bond donors (Lipinski definition) is 0. The highest BCUT2D eigenvalue weighted by Crippen LogP contribution is 2.20. The van der Waals surface area contributed by atoms with Crippen LogP contribution in [0.1, 0.15) is 18.4 Å². The minimum atomic E-state index is -0.237. The average Bonchev–Trinajstić information content (AvgIpc) is 3.01. The minimum Gasteiger partial charge on any atom is -0.372 e. The maximum atomic E-state index is 12.8. The third-order valence-electron chi connectivity index (χ3n) is 3.55. The van der Waals surface area contributed by atoms with E-state index >= 15 is 0 Å². The molecule has 3 heteroatoms. The van der Waals surface area contributed by atoms with Crippen LogP contribution >= 0.6 is 0 Å². The lowest BCUT2D eigenvalue weighted by molar-refractivity contribution is 0.628. The molecule has 0 spiro atoms. The molecule has 2 aromatic carbocycles. The molecule has 1 heterocycles. The molecule has 2 aromatic rings. The molecule has 0 N–H and O–H groups in total. The van der Waals surface area contributed by atoms with E-state index in [4.69, 9.17) is 0 Å². The molecule has 20 heavy (non-hydrogen) atoms. The van der Waals surface area contributed by atoms with E-state index in [1.807, 2.05) is 0 Å². The van der Waals surface area contributed by atoms with Crippen LogP contribution in [0.5, 0.6) is 0 Å². The fourth-order valence-electron chi connectivity index (χ4n) is 2.42. The second-order valence-corrected chi connectivity index (χ2v) is 5.02. The van der Waals surface area contributed by atoms with Crippen LogP contribution in [0, 0.1) is 5.82 Å². The average molecular weight is 268 g/mol. The first-order valence-electron chi connectivity index (χ1n) is 6.96. The van der Waals surface area contributed by atoms with Gasteiger partial charge in [0, 0.05) is 25.0 Å². The molecular weight excluding hydrogens is 251 g/mol. The molecule has 3 rings (SSSR count). The van der Waals surface area contributed by atoms with Gasteiger partial charge in [-0.3, -0.25) is 4.99 Å². The van der Waals surface area contributed by atoms with Crippen LogP contribution in [0.4, 0.5) is 15.8 Å². The Labute approximate surface area is 118 Å². The fraction of sp³-hybridized carbons (Fsp3) is 0.235. The normalized spacial score (nSPS) is 15.2. The Morgan fingerprint density at radius 1 is 0.900 bits per heavy atom. The van der Waals surface area contributed by atoms with Gasteiger partial charge in [-0.2, -0.15) is 0 Å². The summed E-state index contributed by atoms with van der Waals surface area (Å²) in [7, 11) is 0. The highest BCUT2D eigenvalue weighted by molar-refractivity contribution is 5.82. The number of benzene rings is 2. The number of hydrogen-bond acceptors (Lipinski definition) is 2. The Bertz CT molecular complexity index is 581. The highest BCUT2D eigenvalue weighted by atomic mass is 19.1. The Kier molecular flexibility index (Phi) is 3.77. The molecule has 102 valence electrons. The molecule has 0 atom stereocenters. The molecule has 0 aromatic heterocycles. The predicted molar refractivity (Wildman–Crippen MR) is 81.5 cm³/mol. The van der Waals surface area contributed by atoms with E-state index in [0.29, 0.717) is 0 Å². The zero-order valence-corrected chi connectivity index (χ0v) is 11.3. The first-order chi connectivity index (χ1) is 9.81. The number of anilines is 1. The van der Waals surface area contributed by atoms with Gasteiger partial charge in [-0.1, -0.05) is 12.1 Å². The van der Waals surface area contributed by atoms with Crippen molar-refractivity contribution in [3.05, 3.63) is 59.9 Å². The Balaban J connectivity index is 1.69. The van der Waals surface area contributed by atoms with E-state index in [1.165, 1.54) is 30.7 Å². The van der Waals surface area contributed by atoms with E-state index < -0.39 is 0 Å². The molecule has 0 saturated carbocycles. The minimum absolute atomic E-state index is 0.237. The second kappa shape index (κ2) is 5.87. The monoisotopic (exact) mass is 268 g/mol. The van der Waals surface area contributed by atoms with Crippen LogP contribution in [-0.2, 0) is 0 Å². The fourth-order valence-corrected chi connectivity index (χ4v) is 2.42. The predicted octanol–water partition coefficient (Wildman–Crippen LogP) is 4.18. The highest BCUT2D eigenvalue weighted by Gasteiger charge is 2.11.